The zero-order valence-corrected chi connectivity index (χ0v) is 7.90. The highest BCUT2D eigenvalue weighted by atomic mass is 16.1. The fourth-order valence-corrected chi connectivity index (χ4v) is 1.81. The van der Waals surface area contributed by atoms with E-state index in [-0.39, 0.29) is 5.56 Å². The molecule has 3 nitrogen and oxygen atoms in total. The van der Waals surface area contributed by atoms with E-state index in [9.17, 15) is 4.79 Å². The van der Waals surface area contributed by atoms with E-state index in [1.54, 1.807) is 12.4 Å². The van der Waals surface area contributed by atoms with Crippen molar-refractivity contribution in [1.82, 2.24) is 9.97 Å². The SMILES string of the molecule is O=c1[nH]ccc2ncc3ccccc3c12. The molecule has 1 N–H and O–H groups in total. The van der Waals surface area contributed by atoms with Gasteiger partial charge >= 0.3 is 0 Å². The van der Waals surface area contributed by atoms with E-state index in [1.165, 1.54) is 0 Å². The van der Waals surface area contributed by atoms with Crippen LogP contribution in [0.5, 0.6) is 0 Å². The van der Waals surface area contributed by atoms with Crippen LogP contribution in [0.3, 0.4) is 0 Å². The lowest BCUT2D eigenvalue weighted by Gasteiger charge is -2.00. The molecule has 3 heteroatoms. The molecular weight excluding hydrogens is 188 g/mol. The van der Waals surface area contributed by atoms with Gasteiger partial charge in [0.25, 0.3) is 5.56 Å². The zero-order chi connectivity index (χ0) is 10.3. The Kier molecular flexibility index (Phi) is 1.59. The molecule has 0 saturated heterocycles. The van der Waals surface area contributed by atoms with Crippen molar-refractivity contribution in [3.05, 3.63) is 53.1 Å². The molecular formula is C12H8N2O. The second kappa shape index (κ2) is 2.92. The molecule has 0 unspecified atom stereocenters. The summed E-state index contributed by atoms with van der Waals surface area (Å²) in [4.78, 5) is 18.6. The Hall–Kier alpha value is -2.16. The van der Waals surface area contributed by atoms with Crippen LogP contribution in [0.15, 0.2) is 47.5 Å². The summed E-state index contributed by atoms with van der Waals surface area (Å²) in [5.74, 6) is 0. The molecule has 0 amide bonds. The van der Waals surface area contributed by atoms with Gasteiger partial charge in [0.05, 0.1) is 10.9 Å². The average molecular weight is 196 g/mol. The highest BCUT2D eigenvalue weighted by Crippen LogP contribution is 2.19. The molecule has 0 radical (unpaired) electrons. The largest absolute Gasteiger partial charge is 0.328 e. The molecule has 0 saturated carbocycles. The number of nitrogens with one attached hydrogen (secondary N) is 1. The summed E-state index contributed by atoms with van der Waals surface area (Å²) in [5.41, 5.74) is 0.647. The molecule has 3 rings (SSSR count). The topological polar surface area (TPSA) is 45.8 Å². The van der Waals surface area contributed by atoms with Crippen molar-refractivity contribution >= 4 is 21.7 Å². The molecule has 0 aliphatic carbocycles. The van der Waals surface area contributed by atoms with Gasteiger partial charge in [0.2, 0.25) is 0 Å². The van der Waals surface area contributed by atoms with Crippen LogP contribution >= 0.6 is 0 Å². The number of aromatic nitrogens is 2. The molecule has 0 spiro atoms. The minimum Gasteiger partial charge on any atom is -0.328 e. The van der Waals surface area contributed by atoms with Gasteiger partial charge in [-0.1, -0.05) is 24.3 Å². The Morgan fingerprint density at radius 3 is 2.93 bits per heavy atom. The fourth-order valence-electron chi connectivity index (χ4n) is 1.81. The maximum absolute atomic E-state index is 11.7. The van der Waals surface area contributed by atoms with Gasteiger partial charge in [-0.15, -0.1) is 0 Å². The van der Waals surface area contributed by atoms with E-state index in [0.717, 1.165) is 16.3 Å². The summed E-state index contributed by atoms with van der Waals surface area (Å²) < 4.78 is 0. The molecule has 0 aliphatic rings. The average Bonchev–Trinajstić information content (AvgIpc) is 2.29. The lowest BCUT2D eigenvalue weighted by Crippen LogP contribution is -2.05. The first-order valence-corrected chi connectivity index (χ1v) is 4.71. The van der Waals surface area contributed by atoms with E-state index >= 15 is 0 Å². The van der Waals surface area contributed by atoms with Crippen molar-refractivity contribution in [2.75, 3.05) is 0 Å². The highest BCUT2D eigenvalue weighted by Gasteiger charge is 2.03. The summed E-state index contributed by atoms with van der Waals surface area (Å²) >= 11 is 0. The first kappa shape index (κ1) is 8.17. The Morgan fingerprint density at radius 2 is 2.00 bits per heavy atom. The number of fused-ring (bicyclic) bond motifs is 3. The molecule has 0 fully saturated rings. The molecule has 0 atom stereocenters. The summed E-state index contributed by atoms with van der Waals surface area (Å²) in [6, 6.07) is 9.56. The first-order valence-electron chi connectivity index (χ1n) is 4.71. The Bertz CT molecular complexity index is 700. The third kappa shape index (κ3) is 1.13. The van der Waals surface area contributed by atoms with E-state index in [4.69, 9.17) is 0 Å². The van der Waals surface area contributed by atoms with E-state index in [1.807, 2.05) is 30.3 Å². The van der Waals surface area contributed by atoms with Crippen LogP contribution in [-0.2, 0) is 0 Å². The van der Waals surface area contributed by atoms with Gasteiger partial charge in [-0.25, -0.2) is 0 Å². The Labute approximate surface area is 85.4 Å². The van der Waals surface area contributed by atoms with Gasteiger partial charge in [-0.3, -0.25) is 9.78 Å². The highest BCUT2D eigenvalue weighted by molar-refractivity contribution is 6.04. The summed E-state index contributed by atoms with van der Waals surface area (Å²) in [7, 11) is 0. The van der Waals surface area contributed by atoms with Gasteiger partial charge in [0.15, 0.2) is 0 Å². The minimum absolute atomic E-state index is 0.0863. The smallest absolute Gasteiger partial charge is 0.258 e. The standard InChI is InChI=1S/C12H8N2O/c15-12-11-9-4-2-1-3-8(9)7-14-10(11)5-6-13-12/h1-7H,(H,13,15). The van der Waals surface area contributed by atoms with Crippen molar-refractivity contribution in [3.8, 4) is 0 Å². The van der Waals surface area contributed by atoms with Crippen LogP contribution < -0.4 is 5.56 Å². The van der Waals surface area contributed by atoms with Crippen LogP contribution in [0.25, 0.3) is 21.7 Å². The van der Waals surface area contributed by atoms with Crippen molar-refractivity contribution in [3.63, 3.8) is 0 Å². The van der Waals surface area contributed by atoms with Crippen LogP contribution in [-0.4, -0.2) is 9.97 Å². The van der Waals surface area contributed by atoms with Gasteiger partial charge in [0.1, 0.15) is 0 Å². The summed E-state index contributed by atoms with van der Waals surface area (Å²) in [6.45, 7) is 0. The Morgan fingerprint density at radius 1 is 1.13 bits per heavy atom. The molecule has 2 heterocycles. The molecule has 0 bridgehead atoms. The van der Waals surface area contributed by atoms with Gasteiger partial charge in [-0.2, -0.15) is 0 Å². The molecule has 0 aliphatic heterocycles. The van der Waals surface area contributed by atoms with Gasteiger partial charge < -0.3 is 4.98 Å². The summed E-state index contributed by atoms with van der Waals surface area (Å²) in [6.07, 6.45) is 3.41. The number of nitrogens with zero attached hydrogens (tertiary/aromatic N) is 1. The van der Waals surface area contributed by atoms with Crippen LogP contribution in [0.1, 0.15) is 0 Å². The minimum atomic E-state index is -0.0863. The van der Waals surface area contributed by atoms with E-state index in [0.29, 0.717) is 5.39 Å². The van der Waals surface area contributed by atoms with Crippen molar-refractivity contribution in [2.45, 2.75) is 0 Å². The Balaban J connectivity index is 2.70. The van der Waals surface area contributed by atoms with Gasteiger partial charge in [0, 0.05) is 17.8 Å². The molecule has 1 aromatic carbocycles. The number of pyridine rings is 2. The second-order valence-electron chi connectivity index (χ2n) is 3.41. The monoisotopic (exact) mass is 196 g/mol. The quantitative estimate of drug-likeness (QED) is 0.559. The third-order valence-corrected chi connectivity index (χ3v) is 2.51. The molecule has 2 aromatic heterocycles. The van der Waals surface area contributed by atoms with Crippen molar-refractivity contribution in [2.24, 2.45) is 0 Å². The molecule has 3 aromatic rings. The predicted octanol–water partition coefficient (Wildman–Crippen LogP) is 2.08. The lowest BCUT2D eigenvalue weighted by molar-refractivity contribution is 1.26. The lowest BCUT2D eigenvalue weighted by atomic mass is 10.1. The first-order chi connectivity index (χ1) is 7.36. The molecule has 72 valence electrons. The molecule has 15 heavy (non-hydrogen) atoms. The number of aromatic amines is 1. The number of rotatable bonds is 0. The maximum atomic E-state index is 11.7. The van der Waals surface area contributed by atoms with Crippen LogP contribution in [0, 0.1) is 0 Å². The van der Waals surface area contributed by atoms with E-state index in [2.05, 4.69) is 9.97 Å². The van der Waals surface area contributed by atoms with Crippen LogP contribution in [0.2, 0.25) is 0 Å². The van der Waals surface area contributed by atoms with Crippen molar-refractivity contribution < 1.29 is 0 Å². The van der Waals surface area contributed by atoms with Crippen molar-refractivity contribution in [1.29, 1.82) is 0 Å². The van der Waals surface area contributed by atoms with Gasteiger partial charge in [-0.05, 0) is 11.5 Å². The van der Waals surface area contributed by atoms with E-state index < -0.39 is 0 Å². The normalized spacial score (nSPS) is 10.9. The van der Waals surface area contributed by atoms with Crippen LogP contribution in [0.4, 0.5) is 0 Å². The third-order valence-electron chi connectivity index (χ3n) is 2.51. The number of hydrogen-bond donors (Lipinski definition) is 1. The number of benzene rings is 1. The maximum Gasteiger partial charge on any atom is 0.258 e. The fraction of sp³-hybridized carbons (Fsp3) is 0. The summed E-state index contributed by atoms with van der Waals surface area (Å²) in [5, 5.41) is 2.60. The number of hydrogen-bond acceptors (Lipinski definition) is 2. The predicted molar refractivity (Wildman–Crippen MR) is 59.9 cm³/mol. The number of H-pyrrole nitrogens is 1. The zero-order valence-electron chi connectivity index (χ0n) is 7.90. The second-order valence-corrected chi connectivity index (χ2v) is 3.41.